The van der Waals surface area contributed by atoms with Crippen LogP contribution < -0.4 is 14.9 Å². The van der Waals surface area contributed by atoms with Crippen LogP contribution in [0.15, 0.2) is 48.5 Å². The van der Waals surface area contributed by atoms with Crippen LogP contribution in [0.3, 0.4) is 0 Å². The Labute approximate surface area is 150 Å². The molecule has 1 saturated heterocycles. The Bertz CT molecular complexity index is 709. The highest BCUT2D eigenvalue weighted by atomic mass is 16.7. The Balaban J connectivity index is 1.63. The Morgan fingerprint density at radius 1 is 0.880 bits per heavy atom. The van der Waals surface area contributed by atoms with E-state index in [0.29, 0.717) is 6.61 Å². The quantitative estimate of drug-likeness (QED) is 0.780. The number of ether oxygens (including phenoxy) is 2. The Hall–Kier alpha value is -1.98. The normalized spacial score (nSPS) is 18.2. The lowest BCUT2D eigenvalue weighted by Crippen LogP contribution is -2.41. The van der Waals surface area contributed by atoms with Crippen molar-refractivity contribution in [2.24, 2.45) is 0 Å². The summed E-state index contributed by atoms with van der Waals surface area (Å²) in [5.41, 5.74) is 1.39. The van der Waals surface area contributed by atoms with Crippen molar-refractivity contribution in [2.45, 2.75) is 45.5 Å². The number of benzene rings is 2. The summed E-state index contributed by atoms with van der Waals surface area (Å²) in [7, 11) is 1.31. The minimum Gasteiger partial charge on any atom is -0.497 e. The topological polar surface area (TPSA) is 36.9 Å². The van der Waals surface area contributed by atoms with Gasteiger partial charge in [-0.25, -0.2) is 0 Å². The molecule has 3 rings (SSSR count). The van der Waals surface area contributed by atoms with Crippen LogP contribution in [0.1, 0.15) is 33.3 Å². The molecule has 0 aliphatic carbocycles. The average molecular weight is 340 g/mol. The third-order valence-corrected chi connectivity index (χ3v) is 4.95. The van der Waals surface area contributed by atoms with Crippen LogP contribution in [-0.2, 0) is 15.9 Å². The van der Waals surface area contributed by atoms with Gasteiger partial charge in [0.1, 0.15) is 18.1 Å². The van der Waals surface area contributed by atoms with Gasteiger partial charge in [-0.05, 0) is 63.0 Å². The first kappa shape index (κ1) is 17.8. The van der Waals surface area contributed by atoms with Crippen molar-refractivity contribution in [1.29, 1.82) is 0 Å². The predicted molar refractivity (Wildman–Crippen MR) is 99.5 cm³/mol. The second kappa shape index (κ2) is 6.73. The fraction of sp³-hybridized carbons (Fsp3) is 0.400. The second-order valence-electron chi connectivity index (χ2n) is 7.30. The zero-order valence-electron chi connectivity index (χ0n) is 15.5. The molecular formula is C20H25BO4. The molecule has 1 aliphatic rings. The van der Waals surface area contributed by atoms with Gasteiger partial charge >= 0.3 is 7.12 Å². The van der Waals surface area contributed by atoms with E-state index in [0.717, 1.165) is 22.5 Å². The van der Waals surface area contributed by atoms with E-state index < -0.39 is 0 Å². The third kappa shape index (κ3) is 3.83. The van der Waals surface area contributed by atoms with Crippen molar-refractivity contribution in [3.8, 4) is 11.5 Å². The van der Waals surface area contributed by atoms with Crippen molar-refractivity contribution in [1.82, 2.24) is 0 Å². The highest BCUT2D eigenvalue weighted by molar-refractivity contribution is 6.62. The van der Waals surface area contributed by atoms with E-state index in [1.165, 1.54) is 0 Å². The first-order valence-corrected chi connectivity index (χ1v) is 8.52. The van der Waals surface area contributed by atoms with E-state index in [1.54, 1.807) is 7.11 Å². The van der Waals surface area contributed by atoms with Gasteiger partial charge in [-0.3, -0.25) is 0 Å². The fourth-order valence-corrected chi connectivity index (χ4v) is 2.63. The molecule has 0 atom stereocenters. The lowest BCUT2D eigenvalue weighted by atomic mass is 9.79. The lowest BCUT2D eigenvalue weighted by Gasteiger charge is -2.32. The molecule has 0 amide bonds. The molecule has 1 fully saturated rings. The van der Waals surface area contributed by atoms with Gasteiger partial charge in [-0.2, -0.15) is 0 Å². The Morgan fingerprint density at radius 2 is 1.52 bits per heavy atom. The second-order valence-corrected chi connectivity index (χ2v) is 7.30. The molecular weight excluding hydrogens is 315 g/mol. The summed E-state index contributed by atoms with van der Waals surface area (Å²) in [5.74, 6) is 1.64. The van der Waals surface area contributed by atoms with Crippen LogP contribution in [0.2, 0.25) is 0 Å². The van der Waals surface area contributed by atoms with Crippen LogP contribution in [-0.4, -0.2) is 25.4 Å². The molecule has 0 aromatic heterocycles. The zero-order chi connectivity index (χ0) is 18.1. The Morgan fingerprint density at radius 3 is 2.12 bits per heavy atom. The number of hydrogen-bond donors (Lipinski definition) is 0. The van der Waals surface area contributed by atoms with Crippen molar-refractivity contribution < 1.29 is 18.8 Å². The highest BCUT2D eigenvalue weighted by Crippen LogP contribution is 2.36. The summed E-state index contributed by atoms with van der Waals surface area (Å²) < 4.78 is 23.2. The van der Waals surface area contributed by atoms with Gasteiger partial charge in [-0.15, -0.1) is 0 Å². The average Bonchev–Trinajstić information content (AvgIpc) is 2.81. The van der Waals surface area contributed by atoms with E-state index in [9.17, 15) is 0 Å². The van der Waals surface area contributed by atoms with Gasteiger partial charge in [0.2, 0.25) is 0 Å². The fourth-order valence-electron chi connectivity index (χ4n) is 2.63. The molecule has 0 spiro atoms. The summed E-state index contributed by atoms with van der Waals surface area (Å²) in [6, 6.07) is 15.7. The monoisotopic (exact) mass is 340 g/mol. The molecule has 0 bridgehead atoms. The molecule has 2 aromatic rings. The standard InChI is InChI=1S/C20H25BO4/c1-19(2)20(3,4)25-21(24-19)16-9-11-17(12-10-16)23-14-15-7-6-8-18(13-15)22-5/h6-13H,14H2,1-5H3. The lowest BCUT2D eigenvalue weighted by molar-refractivity contribution is 0.00578. The van der Waals surface area contributed by atoms with E-state index in [2.05, 4.69) is 27.7 Å². The van der Waals surface area contributed by atoms with Gasteiger partial charge in [0.25, 0.3) is 0 Å². The largest absolute Gasteiger partial charge is 0.497 e. The third-order valence-electron chi connectivity index (χ3n) is 4.95. The maximum atomic E-state index is 6.07. The van der Waals surface area contributed by atoms with Crippen LogP contribution in [0.4, 0.5) is 0 Å². The molecule has 25 heavy (non-hydrogen) atoms. The molecule has 4 nitrogen and oxygen atoms in total. The summed E-state index contributed by atoms with van der Waals surface area (Å²) in [6.07, 6.45) is 0. The molecule has 1 heterocycles. The first-order chi connectivity index (χ1) is 11.8. The molecule has 0 saturated carbocycles. The minimum absolute atomic E-state index is 0.334. The highest BCUT2D eigenvalue weighted by Gasteiger charge is 2.51. The minimum atomic E-state index is -0.350. The van der Waals surface area contributed by atoms with Crippen molar-refractivity contribution in [3.05, 3.63) is 54.1 Å². The molecule has 0 radical (unpaired) electrons. The van der Waals surface area contributed by atoms with Crippen LogP contribution in [0.5, 0.6) is 11.5 Å². The molecule has 0 N–H and O–H groups in total. The van der Waals surface area contributed by atoms with Crippen LogP contribution >= 0.6 is 0 Å². The van der Waals surface area contributed by atoms with Gasteiger partial charge in [0.05, 0.1) is 18.3 Å². The number of hydrogen-bond acceptors (Lipinski definition) is 4. The first-order valence-electron chi connectivity index (χ1n) is 8.52. The molecule has 0 unspecified atom stereocenters. The van der Waals surface area contributed by atoms with E-state index in [-0.39, 0.29) is 18.3 Å². The van der Waals surface area contributed by atoms with Crippen LogP contribution in [0.25, 0.3) is 0 Å². The SMILES string of the molecule is COc1cccc(COc2ccc(B3OC(C)(C)C(C)(C)O3)cc2)c1. The summed E-state index contributed by atoms with van der Waals surface area (Å²) in [6.45, 7) is 8.71. The summed E-state index contributed by atoms with van der Waals surface area (Å²) in [4.78, 5) is 0. The number of methoxy groups -OCH3 is 1. The summed E-state index contributed by atoms with van der Waals surface area (Å²) in [5, 5.41) is 0. The van der Waals surface area contributed by atoms with E-state index in [1.807, 2.05) is 48.5 Å². The molecule has 132 valence electrons. The van der Waals surface area contributed by atoms with Gasteiger partial charge in [-0.1, -0.05) is 24.3 Å². The van der Waals surface area contributed by atoms with Crippen molar-refractivity contribution in [2.75, 3.05) is 7.11 Å². The van der Waals surface area contributed by atoms with E-state index in [4.69, 9.17) is 18.8 Å². The maximum Gasteiger partial charge on any atom is 0.494 e. The van der Waals surface area contributed by atoms with Gasteiger partial charge < -0.3 is 18.8 Å². The predicted octanol–water partition coefficient (Wildman–Crippen LogP) is 3.57. The maximum absolute atomic E-state index is 6.07. The Kier molecular flexibility index (Phi) is 4.80. The molecule has 5 heteroatoms. The van der Waals surface area contributed by atoms with Crippen LogP contribution in [0, 0.1) is 0 Å². The van der Waals surface area contributed by atoms with E-state index >= 15 is 0 Å². The number of rotatable bonds is 5. The van der Waals surface area contributed by atoms with Gasteiger partial charge in [0, 0.05) is 0 Å². The van der Waals surface area contributed by atoms with Gasteiger partial charge in [0.15, 0.2) is 0 Å². The van der Waals surface area contributed by atoms with Crippen molar-refractivity contribution in [3.63, 3.8) is 0 Å². The molecule has 1 aliphatic heterocycles. The van der Waals surface area contributed by atoms with Crippen molar-refractivity contribution >= 4 is 12.6 Å². The zero-order valence-corrected chi connectivity index (χ0v) is 15.5. The molecule has 2 aromatic carbocycles. The smallest absolute Gasteiger partial charge is 0.494 e. The summed E-state index contributed by atoms with van der Waals surface area (Å²) >= 11 is 0.